The summed E-state index contributed by atoms with van der Waals surface area (Å²) in [7, 11) is 0. The summed E-state index contributed by atoms with van der Waals surface area (Å²) in [6.45, 7) is 1.89. The Balaban J connectivity index is 2.24. The molecule has 0 aliphatic carbocycles. The molecule has 4 heteroatoms. The zero-order valence-electron chi connectivity index (χ0n) is 8.74. The minimum absolute atomic E-state index is 0.0173. The van der Waals surface area contributed by atoms with E-state index in [1.54, 1.807) is 12.3 Å². The molecule has 0 aliphatic heterocycles. The third-order valence-electron chi connectivity index (χ3n) is 2.29. The molecular formula is C12H10ClNOS. The Bertz CT molecular complexity index is 508. The van der Waals surface area contributed by atoms with Crippen molar-refractivity contribution >= 4 is 28.7 Å². The molecule has 2 nitrogen and oxygen atoms in total. The van der Waals surface area contributed by atoms with Gasteiger partial charge in [-0.15, -0.1) is 11.3 Å². The van der Waals surface area contributed by atoms with Gasteiger partial charge in [0.2, 0.25) is 0 Å². The number of Topliss-reactive ketones (excluding diaryl/α,β-unsaturated/α-hetero) is 1. The van der Waals surface area contributed by atoms with Crippen LogP contribution in [0.5, 0.6) is 0 Å². The molecule has 0 unspecified atom stereocenters. The molecular weight excluding hydrogens is 242 g/mol. The van der Waals surface area contributed by atoms with Crippen molar-refractivity contribution in [3.63, 3.8) is 0 Å². The van der Waals surface area contributed by atoms with Crippen molar-refractivity contribution in [2.45, 2.75) is 13.3 Å². The molecule has 0 bridgehead atoms. The van der Waals surface area contributed by atoms with Gasteiger partial charge in [0.15, 0.2) is 5.78 Å². The van der Waals surface area contributed by atoms with E-state index in [9.17, 15) is 4.79 Å². The number of hydrogen-bond donors (Lipinski definition) is 0. The molecule has 0 amide bonds. The first kappa shape index (κ1) is 11.3. The Morgan fingerprint density at radius 2 is 2.31 bits per heavy atom. The molecule has 0 atom stereocenters. The third kappa shape index (κ3) is 2.31. The van der Waals surface area contributed by atoms with E-state index in [1.165, 1.54) is 11.3 Å². The van der Waals surface area contributed by atoms with Gasteiger partial charge in [-0.1, -0.05) is 23.7 Å². The molecule has 1 heterocycles. The van der Waals surface area contributed by atoms with Crippen molar-refractivity contribution in [2.24, 2.45) is 0 Å². The van der Waals surface area contributed by atoms with Gasteiger partial charge in [0.05, 0.1) is 11.4 Å². The highest BCUT2D eigenvalue weighted by atomic mass is 35.5. The summed E-state index contributed by atoms with van der Waals surface area (Å²) in [6, 6.07) is 5.49. The normalized spacial score (nSPS) is 10.4. The second-order valence-corrected chi connectivity index (χ2v) is 4.82. The summed E-state index contributed by atoms with van der Waals surface area (Å²) >= 11 is 7.57. The number of benzene rings is 1. The SMILES string of the molecule is Cc1cccc(C(=O)Cc2nccs2)c1Cl. The van der Waals surface area contributed by atoms with Crippen molar-refractivity contribution in [1.29, 1.82) is 0 Å². The average molecular weight is 252 g/mol. The van der Waals surface area contributed by atoms with Crippen LogP contribution in [0.1, 0.15) is 20.9 Å². The fourth-order valence-electron chi connectivity index (χ4n) is 1.44. The summed E-state index contributed by atoms with van der Waals surface area (Å²) in [5, 5.41) is 3.23. The van der Waals surface area contributed by atoms with Crippen LogP contribution in [-0.2, 0) is 6.42 Å². The van der Waals surface area contributed by atoms with Crippen LogP contribution < -0.4 is 0 Å². The van der Waals surface area contributed by atoms with E-state index in [1.807, 2.05) is 24.4 Å². The van der Waals surface area contributed by atoms with Crippen molar-refractivity contribution < 1.29 is 4.79 Å². The highest BCUT2D eigenvalue weighted by molar-refractivity contribution is 7.09. The third-order valence-corrected chi connectivity index (χ3v) is 3.57. The van der Waals surface area contributed by atoms with Crippen LogP contribution in [0.25, 0.3) is 0 Å². The molecule has 0 spiro atoms. The molecule has 0 aliphatic rings. The van der Waals surface area contributed by atoms with Crippen LogP contribution in [0.3, 0.4) is 0 Å². The fraction of sp³-hybridized carbons (Fsp3) is 0.167. The Morgan fingerprint density at radius 3 is 3.00 bits per heavy atom. The van der Waals surface area contributed by atoms with E-state index >= 15 is 0 Å². The number of aromatic nitrogens is 1. The molecule has 1 aromatic carbocycles. The summed E-state index contributed by atoms with van der Waals surface area (Å²) in [5.74, 6) is 0.0173. The molecule has 0 N–H and O–H groups in total. The minimum Gasteiger partial charge on any atom is -0.294 e. The van der Waals surface area contributed by atoms with E-state index < -0.39 is 0 Å². The first-order valence-electron chi connectivity index (χ1n) is 4.85. The van der Waals surface area contributed by atoms with Crippen LogP contribution in [-0.4, -0.2) is 10.8 Å². The van der Waals surface area contributed by atoms with Crippen LogP contribution in [0.15, 0.2) is 29.8 Å². The van der Waals surface area contributed by atoms with E-state index in [2.05, 4.69) is 4.98 Å². The van der Waals surface area contributed by atoms with Gasteiger partial charge in [0.25, 0.3) is 0 Å². The molecule has 0 saturated carbocycles. The van der Waals surface area contributed by atoms with Crippen molar-refractivity contribution in [1.82, 2.24) is 4.98 Å². The second-order valence-electron chi connectivity index (χ2n) is 3.46. The Kier molecular flexibility index (Phi) is 3.36. The van der Waals surface area contributed by atoms with Crippen LogP contribution >= 0.6 is 22.9 Å². The van der Waals surface area contributed by atoms with Crippen molar-refractivity contribution in [3.05, 3.63) is 50.9 Å². The zero-order valence-corrected chi connectivity index (χ0v) is 10.3. The number of carbonyl (C=O) groups is 1. The van der Waals surface area contributed by atoms with Gasteiger partial charge < -0.3 is 0 Å². The molecule has 0 saturated heterocycles. The zero-order chi connectivity index (χ0) is 11.5. The number of hydrogen-bond acceptors (Lipinski definition) is 3. The summed E-state index contributed by atoms with van der Waals surface area (Å²) in [5.41, 5.74) is 1.50. The molecule has 16 heavy (non-hydrogen) atoms. The van der Waals surface area contributed by atoms with Crippen molar-refractivity contribution in [3.8, 4) is 0 Å². The van der Waals surface area contributed by atoms with Gasteiger partial charge in [0, 0.05) is 17.1 Å². The fourth-order valence-corrected chi connectivity index (χ4v) is 2.28. The summed E-state index contributed by atoms with van der Waals surface area (Å²) in [4.78, 5) is 16.1. The van der Waals surface area contributed by atoms with E-state index in [-0.39, 0.29) is 5.78 Å². The van der Waals surface area contributed by atoms with Gasteiger partial charge in [-0.25, -0.2) is 4.98 Å². The number of halogens is 1. The molecule has 82 valence electrons. The molecule has 0 fully saturated rings. The first-order chi connectivity index (χ1) is 7.68. The molecule has 2 aromatic rings. The Morgan fingerprint density at radius 1 is 1.50 bits per heavy atom. The van der Waals surface area contributed by atoms with E-state index in [0.29, 0.717) is 17.0 Å². The van der Waals surface area contributed by atoms with Gasteiger partial charge >= 0.3 is 0 Å². The molecule has 1 aromatic heterocycles. The Labute approximate surface area is 103 Å². The van der Waals surface area contributed by atoms with E-state index in [0.717, 1.165) is 10.6 Å². The van der Waals surface area contributed by atoms with E-state index in [4.69, 9.17) is 11.6 Å². The number of rotatable bonds is 3. The highest BCUT2D eigenvalue weighted by Crippen LogP contribution is 2.22. The number of aryl methyl sites for hydroxylation is 1. The monoisotopic (exact) mass is 251 g/mol. The standard InChI is InChI=1S/C12H10ClNOS/c1-8-3-2-4-9(12(8)13)10(15)7-11-14-5-6-16-11/h2-6H,7H2,1H3. The average Bonchev–Trinajstić information content (AvgIpc) is 2.74. The lowest BCUT2D eigenvalue weighted by atomic mass is 10.1. The predicted octanol–water partition coefficient (Wildman–Crippen LogP) is 3.53. The Hall–Kier alpha value is -1.19. The second kappa shape index (κ2) is 4.76. The van der Waals surface area contributed by atoms with Gasteiger partial charge in [-0.3, -0.25) is 4.79 Å². The largest absolute Gasteiger partial charge is 0.294 e. The van der Waals surface area contributed by atoms with Crippen molar-refractivity contribution in [2.75, 3.05) is 0 Å². The van der Waals surface area contributed by atoms with Crippen LogP contribution in [0, 0.1) is 6.92 Å². The highest BCUT2D eigenvalue weighted by Gasteiger charge is 2.13. The topological polar surface area (TPSA) is 30.0 Å². The number of thiazole rings is 1. The van der Waals surface area contributed by atoms with Crippen LogP contribution in [0.2, 0.25) is 5.02 Å². The maximum atomic E-state index is 12.0. The van der Waals surface area contributed by atoms with Crippen LogP contribution in [0.4, 0.5) is 0 Å². The predicted molar refractivity (Wildman–Crippen MR) is 66.3 cm³/mol. The summed E-state index contributed by atoms with van der Waals surface area (Å²) in [6.07, 6.45) is 2.02. The smallest absolute Gasteiger partial charge is 0.171 e. The van der Waals surface area contributed by atoms with Gasteiger partial charge in [-0.2, -0.15) is 0 Å². The maximum Gasteiger partial charge on any atom is 0.171 e. The first-order valence-corrected chi connectivity index (χ1v) is 6.11. The van der Waals surface area contributed by atoms with Gasteiger partial charge in [0.1, 0.15) is 5.01 Å². The summed E-state index contributed by atoms with van der Waals surface area (Å²) < 4.78 is 0. The quantitative estimate of drug-likeness (QED) is 0.781. The lowest BCUT2D eigenvalue weighted by Gasteiger charge is -2.04. The lowest BCUT2D eigenvalue weighted by Crippen LogP contribution is -2.04. The minimum atomic E-state index is 0.0173. The molecule has 2 rings (SSSR count). The lowest BCUT2D eigenvalue weighted by molar-refractivity contribution is 0.0993. The number of nitrogens with zero attached hydrogens (tertiary/aromatic N) is 1. The van der Waals surface area contributed by atoms with Gasteiger partial charge in [-0.05, 0) is 18.6 Å². The number of ketones is 1. The molecule has 0 radical (unpaired) electrons. The maximum absolute atomic E-state index is 12.0. The number of carbonyl (C=O) groups excluding carboxylic acids is 1.